The van der Waals surface area contributed by atoms with E-state index in [0.29, 0.717) is 67.3 Å². The summed E-state index contributed by atoms with van der Waals surface area (Å²) in [5.41, 5.74) is 2.68. The largest absolute Gasteiger partial charge is 0.488 e. The Kier molecular flexibility index (Phi) is 10.3. The zero-order valence-corrected chi connectivity index (χ0v) is 27.0. The van der Waals surface area contributed by atoms with E-state index in [0.717, 1.165) is 5.01 Å². The molecule has 5 aromatic rings. The van der Waals surface area contributed by atoms with Crippen LogP contribution in [0.1, 0.15) is 24.4 Å². The monoisotopic (exact) mass is 699 g/mol. The molecule has 0 unspecified atom stereocenters. The number of anilines is 2. The molecule has 8 nitrogen and oxygen atoms in total. The maximum atomic E-state index is 15.2. The van der Waals surface area contributed by atoms with Crippen molar-refractivity contribution >= 4 is 64.8 Å². The highest BCUT2D eigenvalue weighted by molar-refractivity contribution is 9.10. The lowest BCUT2D eigenvalue weighted by Gasteiger charge is -2.13. The molecule has 0 atom stereocenters. The first kappa shape index (κ1) is 31.6. The van der Waals surface area contributed by atoms with Gasteiger partial charge in [-0.15, -0.1) is 11.3 Å². The molecule has 0 bridgehead atoms. The van der Waals surface area contributed by atoms with Crippen LogP contribution in [0.3, 0.4) is 0 Å². The number of hydrogen-bond donors (Lipinski definition) is 2. The van der Waals surface area contributed by atoms with E-state index >= 15 is 4.39 Å². The minimum absolute atomic E-state index is 0.0699. The van der Waals surface area contributed by atoms with Gasteiger partial charge < -0.3 is 15.4 Å². The summed E-state index contributed by atoms with van der Waals surface area (Å²) in [6.07, 6.45) is 1.94. The summed E-state index contributed by atoms with van der Waals surface area (Å²) in [5.74, 6) is 0.239. The van der Waals surface area contributed by atoms with Gasteiger partial charge in [0.2, 0.25) is 10.3 Å². The van der Waals surface area contributed by atoms with Gasteiger partial charge in [0.25, 0.3) is 0 Å². The zero-order chi connectivity index (χ0) is 31.2. The van der Waals surface area contributed by atoms with E-state index in [9.17, 15) is 12.8 Å². The van der Waals surface area contributed by atoms with Crippen molar-refractivity contribution in [1.29, 1.82) is 0 Å². The summed E-state index contributed by atoms with van der Waals surface area (Å²) in [7, 11) is -2.23. The number of nitrogens with one attached hydrogen (secondary N) is 2. The Bertz CT molecular complexity index is 1940. The first-order valence-corrected chi connectivity index (χ1v) is 16.4. The van der Waals surface area contributed by atoms with Gasteiger partial charge in [-0.2, -0.15) is 8.42 Å². The van der Waals surface area contributed by atoms with Crippen LogP contribution in [0.15, 0.2) is 70.8 Å². The van der Waals surface area contributed by atoms with Crippen molar-refractivity contribution in [1.82, 2.24) is 20.3 Å². The molecule has 0 saturated carbocycles. The molecule has 0 radical (unpaired) electrons. The third-order valence-corrected chi connectivity index (χ3v) is 9.27. The van der Waals surface area contributed by atoms with Crippen LogP contribution >= 0.6 is 27.3 Å². The summed E-state index contributed by atoms with van der Waals surface area (Å²) in [6, 6.07) is 14.7. The average Bonchev–Trinajstić information content (AvgIpc) is 3.45. The summed E-state index contributed by atoms with van der Waals surface area (Å²) in [6.45, 7) is 4.71. The average molecular weight is 701 g/mol. The number of thiazole rings is 1. The molecular weight excluding hydrogens is 672 g/mol. The van der Waals surface area contributed by atoms with Gasteiger partial charge in [0.1, 0.15) is 36.1 Å². The Morgan fingerprint density at radius 1 is 1.09 bits per heavy atom. The van der Waals surface area contributed by atoms with Crippen LogP contribution in [0.2, 0.25) is 0 Å². The number of ether oxygens (including phenoxy) is 1. The fraction of sp³-hybridized carbons (Fsp3) is 0.226. The van der Waals surface area contributed by atoms with Crippen molar-refractivity contribution in [2.75, 3.05) is 18.4 Å². The lowest BCUT2D eigenvalue weighted by atomic mass is 10.1. The van der Waals surface area contributed by atoms with Gasteiger partial charge in [0.15, 0.2) is 0 Å². The number of nitrogens with zero attached hydrogens (tertiary/aromatic N) is 3. The number of hydrogen-bond acceptors (Lipinski definition) is 9. The van der Waals surface area contributed by atoms with Gasteiger partial charge in [-0.1, -0.05) is 26.0 Å². The van der Waals surface area contributed by atoms with E-state index in [1.54, 1.807) is 29.6 Å². The van der Waals surface area contributed by atoms with E-state index in [4.69, 9.17) is 4.74 Å². The smallest absolute Gasteiger partial charge is 0.214 e. The number of fused-ring (bicyclic) bond motifs is 1. The maximum Gasteiger partial charge on any atom is 0.214 e. The molecule has 0 aliphatic carbocycles. The van der Waals surface area contributed by atoms with Crippen LogP contribution in [0, 0.1) is 17.6 Å². The van der Waals surface area contributed by atoms with E-state index in [1.165, 1.54) is 35.9 Å². The predicted molar refractivity (Wildman–Crippen MR) is 174 cm³/mol. The summed E-state index contributed by atoms with van der Waals surface area (Å²) in [4.78, 5) is 13.7. The Labute approximate surface area is 267 Å². The maximum absolute atomic E-state index is 15.2. The molecule has 3 aromatic carbocycles. The van der Waals surface area contributed by atoms with Gasteiger partial charge >= 0.3 is 0 Å². The molecule has 228 valence electrons. The third kappa shape index (κ3) is 7.83. The van der Waals surface area contributed by atoms with Crippen LogP contribution < -0.4 is 15.4 Å². The van der Waals surface area contributed by atoms with E-state index in [2.05, 4.69) is 41.5 Å². The third-order valence-electron chi connectivity index (χ3n) is 6.70. The molecule has 5 rings (SSSR count). The molecule has 0 saturated heterocycles. The lowest BCUT2D eigenvalue weighted by molar-refractivity contribution is 0.303. The second kappa shape index (κ2) is 14.3. The first-order chi connectivity index (χ1) is 21.2. The predicted octanol–water partition coefficient (Wildman–Crippen LogP) is 6.96. The van der Waals surface area contributed by atoms with Crippen LogP contribution in [0.25, 0.3) is 22.2 Å². The van der Waals surface area contributed by atoms with Crippen molar-refractivity contribution < 1.29 is 21.9 Å². The Morgan fingerprint density at radius 2 is 1.93 bits per heavy atom. The van der Waals surface area contributed by atoms with E-state index in [-0.39, 0.29) is 24.9 Å². The van der Waals surface area contributed by atoms with Crippen molar-refractivity contribution in [2.45, 2.75) is 26.9 Å². The highest BCUT2D eigenvalue weighted by Crippen LogP contribution is 2.34. The first-order valence-electron chi connectivity index (χ1n) is 13.7. The van der Waals surface area contributed by atoms with Gasteiger partial charge in [0.05, 0.1) is 25.6 Å². The molecule has 0 fully saturated rings. The van der Waals surface area contributed by atoms with Crippen LogP contribution in [-0.4, -0.2) is 41.3 Å². The summed E-state index contributed by atoms with van der Waals surface area (Å²) < 4.78 is 58.0. The topological polar surface area (TPSA) is 106 Å². The molecule has 13 heteroatoms. The van der Waals surface area contributed by atoms with Gasteiger partial charge in [-0.3, -0.25) is 0 Å². The highest BCUT2D eigenvalue weighted by atomic mass is 79.9. The molecule has 2 heterocycles. The molecule has 2 aromatic heterocycles. The normalized spacial score (nSPS) is 11.2. The molecule has 0 spiro atoms. The lowest BCUT2D eigenvalue weighted by Crippen LogP contribution is -2.28. The second-order valence-electron chi connectivity index (χ2n) is 10.2. The van der Waals surface area contributed by atoms with E-state index < -0.39 is 16.1 Å². The molecule has 0 aliphatic rings. The number of halogens is 3. The van der Waals surface area contributed by atoms with Crippen LogP contribution in [-0.2, 0) is 23.3 Å². The SMILES string of the molecule is CC(C)C(CNCCc1nc(-c2cc3c(Nc4ccc(OCc5cccc(F)c5)c(Br)c4)ncnc3cc2F)cs1)=S(=O)=O. The fourth-order valence-electron chi connectivity index (χ4n) is 4.41. The standard InChI is InChI=1S/C31H28BrF2N5O3S2/c1-18(2)29(44(40)41)14-35-9-8-30-39-27(16-43-30)22-12-23-26(13-25(22)34)36-17-37-31(23)38-21-6-7-28(24(32)11-21)42-15-19-4-3-5-20(33)10-19/h3-7,10-13,16-18,35H,8-9,14-15H2,1-2H3,(H,36,37,38). The van der Waals surface area contributed by atoms with Crippen molar-refractivity contribution in [2.24, 2.45) is 5.92 Å². The quantitative estimate of drug-likeness (QED) is 0.106. The molecule has 2 N–H and O–H groups in total. The summed E-state index contributed by atoms with van der Waals surface area (Å²) >= 11 is 4.95. The number of benzene rings is 3. The minimum Gasteiger partial charge on any atom is -0.488 e. The van der Waals surface area contributed by atoms with Crippen LogP contribution in [0.4, 0.5) is 20.3 Å². The van der Waals surface area contributed by atoms with E-state index in [1.807, 2.05) is 26.0 Å². The second-order valence-corrected chi connectivity index (χ2v) is 13.0. The Balaban J connectivity index is 1.30. The van der Waals surface area contributed by atoms with Crippen molar-refractivity contribution in [3.05, 3.63) is 93.0 Å². The van der Waals surface area contributed by atoms with Crippen molar-refractivity contribution in [3.63, 3.8) is 0 Å². The number of aromatic nitrogens is 3. The Hall–Kier alpha value is -3.78. The number of rotatable bonds is 12. The fourth-order valence-corrected chi connectivity index (χ4v) is 6.30. The molecule has 44 heavy (non-hydrogen) atoms. The Morgan fingerprint density at radius 3 is 2.68 bits per heavy atom. The minimum atomic E-state index is -2.23. The molecular formula is C31H28BrF2N5O3S2. The highest BCUT2D eigenvalue weighted by Gasteiger charge is 2.15. The zero-order valence-electron chi connectivity index (χ0n) is 23.8. The molecule has 0 aliphatic heterocycles. The van der Waals surface area contributed by atoms with Gasteiger partial charge in [-0.05, 0) is 63.8 Å². The van der Waals surface area contributed by atoms with Crippen molar-refractivity contribution in [3.8, 4) is 17.0 Å². The summed E-state index contributed by atoms with van der Waals surface area (Å²) in [5, 5.41) is 9.64. The van der Waals surface area contributed by atoms with Gasteiger partial charge in [-0.25, -0.2) is 23.7 Å². The van der Waals surface area contributed by atoms with Gasteiger partial charge in [0, 0.05) is 47.6 Å². The molecule has 0 amide bonds. The van der Waals surface area contributed by atoms with Crippen LogP contribution in [0.5, 0.6) is 5.75 Å².